The number of benzene rings is 2. The van der Waals surface area contributed by atoms with Gasteiger partial charge in [-0.1, -0.05) is 30.9 Å². The normalized spacial score (nSPS) is 19.0. The van der Waals surface area contributed by atoms with Crippen molar-refractivity contribution in [2.45, 2.75) is 25.4 Å². The molecule has 0 spiro atoms. The summed E-state index contributed by atoms with van der Waals surface area (Å²) in [6.07, 6.45) is 9.25. The smallest absolute Gasteiger partial charge is 0.246 e. The van der Waals surface area contributed by atoms with E-state index in [9.17, 15) is 4.79 Å². The molecule has 6 bridgehead atoms. The van der Waals surface area contributed by atoms with Crippen molar-refractivity contribution in [2.24, 2.45) is 0 Å². The zero-order valence-corrected chi connectivity index (χ0v) is 24.6. The Labute approximate surface area is 248 Å². The SMILES string of the molecule is C=CC(=O)N1CCN(C)CC1CCNc1cc2cc(c1)Nc1nccc(n1)-c1cccc(c1)OCC/C=C/CN(C)C2. The molecule has 2 aromatic carbocycles. The molecule has 42 heavy (non-hydrogen) atoms. The minimum atomic E-state index is 0.00569. The van der Waals surface area contributed by atoms with E-state index in [1.807, 2.05) is 35.2 Å². The van der Waals surface area contributed by atoms with E-state index >= 15 is 0 Å². The van der Waals surface area contributed by atoms with Crippen LogP contribution in [0.1, 0.15) is 18.4 Å². The number of nitrogens with one attached hydrogen (secondary N) is 2. The lowest BCUT2D eigenvalue weighted by atomic mass is 10.1. The number of aromatic nitrogens is 2. The van der Waals surface area contributed by atoms with Crippen molar-refractivity contribution in [1.29, 1.82) is 0 Å². The molecule has 9 nitrogen and oxygen atoms in total. The van der Waals surface area contributed by atoms with Gasteiger partial charge in [0.2, 0.25) is 11.9 Å². The van der Waals surface area contributed by atoms with Crippen LogP contribution in [-0.2, 0) is 11.3 Å². The zero-order valence-electron chi connectivity index (χ0n) is 24.6. The van der Waals surface area contributed by atoms with Gasteiger partial charge < -0.3 is 25.2 Å². The fraction of sp³-hybridized carbons (Fsp3) is 0.364. The quantitative estimate of drug-likeness (QED) is 0.336. The van der Waals surface area contributed by atoms with Gasteiger partial charge in [-0.3, -0.25) is 9.69 Å². The predicted octanol–water partition coefficient (Wildman–Crippen LogP) is 4.79. The molecule has 1 saturated heterocycles. The number of likely N-dealkylation sites (N-methyl/N-ethyl adjacent to an activating group) is 2. The lowest BCUT2D eigenvalue weighted by molar-refractivity contribution is -0.130. The molecule has 9 heteroatoms. The molecule has 2 N–H and O–H groups in total. The van der Waals surface area contributed by atoms with Crippen LogP contribution in [0.15, 0.2) is 79.5 Å². The van der Waals surface area contributed by atoms with Crippen molar-refractivity contribution >= 4 is 23.2 Å². The van der Waals surface area contributed by atoms with Crippen molar-refractivity contribution < 1.29 is 9.53 Å². The van der Waals surface area contributed by atoms with Crippen LogP contribution < -0.4 is 15.4 Å². The summed E-state index contributed by atoms with van der Waals surface area (Å²) in [5.41, 5.74) is 4.90. The van der Waals surface area contributed by atoms with Crippen LogP contribution >= 0.6 is 0 Å². The Morgan fingerprint density at radius 3 is 2.93 bits per heavy atom. The molecule has 3 aromatic rings. The summed E-state index contributed by atoms with van der Waals surface area (Å²) >= 11 is 0. The second kappa shape index (κ2) is 14.1. The van der Waals surface area contributed by atoms with Crippen molar-refractivity contribution in [3.05, 3.63) is 85.1 Å². The van der Waals surface area contributed by atoms with Crippen LogP contribution in [0.5, 0.6) is 5.75 Å². The van der Waals surface area contributed by atoms with E-state index in [1.54, 1.807) is 6.20 Å². The minimum Gasteiger partial charge on any atom is -0.493 e. The number of carbonyl (C=O) groups is 1. The van der Waals surface area contributed by atoms with Crippen LogP contribution in [-0.4, -0.2) is 90.0 Å². The monoisotopic (exact) mass is 567 g/mol. The average molecular weight is 568 g/mol. The third-order valence-electron chi connectivity index (χ3n) is 7.57. The van der Waals surface area contributed by atoms with Gasteiger partial charge in [0.05, 0.1) is 12.3 Å². The van der Waals surface area contributed by atoms with Gasteiger partial charge in [-0.2, -0.15) is 0 Å². The summed E-state index contributed by atoms with van der Waals surface area (Å²) in [4.78, 5) is 28.3. The van der Waals surface area contributed by atoms with E-state index in [0.717, 1.165) is 80.5 Å². The van der Waals surface area contributed by atoms with Crippen molar-refractivity contribution in [1.82, 2.24) is 24.7 Å². The number of nitrogens with zero attached hydrogens (tertiary/aromatic N) is 5. The van der Waals surface area contributed by atoms with Crippen LogP contribution in [0.2, 0.25) is 0 Å². The summed E-state index contributed by atoms with van der Waals surface area (Å²) < 4.78 is 5.98. The molecule has 1 amide bonds. The molecule has 2 aliphatic rings. The topological polar surface area (TPSA) is 85.9 Å². The first-order valence-electron chi connectivity index (χ1n) is 14.6. The maximum absolute atomic E-state index is 12.4. The second-order valence-corrected chi connectivity index (χ2v) is 11.0. The van der Waals surface area contributed by atoms with Crippen LogP contribution in [0, 0.1) is 0 Å². The summed E-state index contributed by atoms with van der Waals surface area (Å²) in [5.74, 6) is 1.36. The van der Waals surface area contributed by atoms with Gasteiger partial charge >= 0.3 is 0 Å². The molecular weight excluding hydrogens is 526 g/mol. The number of fused-ring (bicyclic) bond motifs is 7. The van der Waals surface area contributed by atoms with Gasteiger partial charge in [-0.25, -0.2) is 9.97 Å². The summed E-state index contributed by atoms with van der Waals surface area (Å²) in [7, 11) is 4.23. The number of carbonyl (C=O) groups excluding carboxylic acids is 1. The first-order valence-corrected chi connectivity index (χ1v) is 14.6. The molecule has 1 fully saturated rings. The fourth-order valence-electron chi connectivity index (χ4n) is 5.45. The highest BCUT2D eigenvalue weighted by Gasteiger charge is 2.27. The Kier molecular flexibility index (Phi) is 9.84. The highest BCUT2D eigenvalue weighted by molar-refractivity contribution is 5.87. The molecule has 5 rings (SSSR count). The molecule has 1 unspecified atom stereocenters. The van der Waals surface area contributed by atoms with Gasteiger partial charge in [-0.05, 0) is 75.0 Å². The van der Waals surface area contributed by atoms with Crippen LogP contribution in [0.4, 0.5) is 17.3 Å². The number of rotatable bonds is 5. The minimum absolute atomic E-state index is 0.00569. The van der Waals surface area contributed by atoms with E-state index in [4.69, 9.17) is 9.72 Å². The van der Waals surface area contributed by atoms with E-state index in [0.29, 0.717) is 12.6 Å². The molecule has 1 atom stereocenters. The zero-order chi connectivity index (χ0) is 29.3. The molecule has 220 valence electrons. The Bertz CT molecular complexity index is 1410. The van der Waals surface area contributed by atoms with E-state index in [-0.39, 0.29) is 11.9 Å². The van der Waals surface area contributed by atoms with Crippen LogP contribution in [0.3, 0.4) is 0 Å². The second-order valence-electron chi connectivity index (χ2n) is 11.0. The fourth-order valence-corrected chi connectivity index (χ4v) is 5.45. The third-order valence-corrected chi connectivity index (χ3v) is 7.57. The summed E-state index contributed by atoms with van der Waals surface area (Å²) in [6, 6.07) is 16.5. The molecule has 0 saturated carbocycles. The van der Waals surface area contributed by atoms with Gasteiger partial charge in [-0.15, -0.1) is 0 Å². The van der Waals surface area contributed by atoms with Gasteiger partial charge in [0, 0.05) is 68.4 Å². The van der Waals surface area contributed by atoms with Gasteiger partial charge in [0.15, 0.2) is 0 Å². The van der Waals surface area contributed by atoms with Crippen molar-refractivity contribution in [3.63, 3.8) is 0 Å². The average Bonchev–Trinajstić information content (AvgIpc) is 2.98. The number of hydrogen-bond acceptors (Lipinski definition) is 8. The Morgan fingerprint density at radius 2 is 2.05 bits per heavy atom. The lowest BCUT2D eigenvalue weighted by Crippen LogP contribution is -2.54. The number of anilines is 3. The maximum Gasteiger partial charge on any atom is 0.246 e. The third kappa shape index (κ3) is 7.96. The highest BCUT2D eigenvalue weighted by atomic mass is 16.5. The van der Waals surface area contributed by atoms with Gasteiger partial charge in [0.1, 0.15) is 5.75 Å². The van der Waals surface area contributed by atoms with Crippen LogP contribution in [0.25, 0.3) is 11.3 Å². The standard InChI is InChI=1S/C33H41N7O2/c1-4-32(41)40-17-16-39(3)24-29(40)11-13-34-27-19-25-20-28(22-27)36-33-35-14-12-31(37-33)26-9-8-10-30(21-26)42-18-7-5-6-15-38(2)23-25/h4-6,8-10,12,14,19-22,29,34H,1,7,11,13,15-18,23-24H2,2-3H3,(H,35,36,37)/b6-5+. The van der Waals surface area contributed by atoms with Crippen molar-refractivity contribution in [2.75, 3.05) is 64.1 Å². The number of ether oxygens (including phenoxy) is 1. The molecule has 0 radical (unpaired) electrons. The molecule has 2 aliphatic heterocycles. The largest absolute Gasteiger partial charge is 0.493 e. The highest BCUT2D eigenvalue weighted by Crippen LogP contribution is 2.26. The van der Waals surface area contributed by atoms with Gasteiger partial charge in [0.25, 0.3) is 0 Å². The van der Waals surface area contributed by atoms with E-state index in [2.05, 4.69) is 76.4 Å². The maximum atomic E-state index is 12.4. The number of hydrogen-bond donors (Lipinski definition) is 2. The Morgan fingerprint density at radius 1 is 1.14 bits per heavy atom. The molecule has 1 aromatic heterocycles. The van der Waals surface area contributed by atoms with E-state index < -0.39 is 0 Å². The predicted molar refractivity (Wildman–Crippen MR) is 169 cm³/mol. The summed E-state index contributed by atoms with van der Waals surface area (Å²) in [6.45, 7) is 9.14. The first kappa shape index (κ1) is 29.3. The molecule has 0 aliphatic carbocycles. The number of amides is 1. The lowest BCUT2D eigenvalue weighted by Gasteiger charge is -2.39. The van der Waals surface area contributed by atoms with E-state index in [1.165, 1.54) is 11.6 Å². The molecular formula is C33H41N7O2. The first-order chi connectivity index (χ1) is 20.5. The Balaban J connectivity index is 1.37. The summed E-state index contributed by atoms with van der Waals surface area (Å²) in [5, 5.41) is 7.05. The van der Waals surface area contributed by atoms with Crippen molar-refractivity contribution in [3.8, 4) is 17.0 Å². The Hall–Kier alpha value is -4.21. The molecule has 3 heterocycles. The number of piperazine rings is 1.